The molecule has 1 heterocycles. The molecule has 2 N–H and O–H groups in total. The molecule has 0 unspecified atom stereocenters. The summed E-state index contributed by atoms with van der Waals surface area (Å²) in [5, 5.41) is 1.28. The van der Waals surface area contributed by atoms with E-state index in [0.717, 1.165) is 28.7 Å². The molecule has 4 rings (SSSR count). The fraction of sp³-hybridized carbons (Fsp3) is 0.227. The maximum Gasteiger partial charge on any atom is 0.276 e. The molecule has 0 spiro atoms. The van der Waals surface area contributed by atoms with Crippen molar-refractivity contribution in [1.82, 2.24) is 10.3 Å². The van der Waals surface area contributed by atoms with Crippen LogP contribution < -0.4 is 15.2 Å². The molecule has 3 aromatic rings. The van der Waals surface area contributed by atoms with E-state index in [0.29, 0.717) is 29.4 Å². The molecule has 0 radical (unpaired) electrons. The highest BCUT2D eigenvalue weighted by Crippen LogP contribution is 2.36. The first-order valence-corrected chi connectivity index (χ1v) is 14.2. The molecular formula is C22H23N3O5S3. The van der Waals surface area contributed by atoms with E-state index in [1.807, 2.05) is 37.2 Å². The van der Waals surface area contributed by atoms with Gasteiger partial charge in [0.25, 0.3) is 15.9 Å². The predicted octanol–water partition coefficient (Wildman–Crippen LogP) is 2.95. The van der Waals surface area contributed by atoms with Crippen molar-refractivity contribution in [3.63, 3.8) is 0 Å². The van der Waals surface area contributed by atoms with E-state index in [-0.39, 0.29) is 14.0 Å². The van der Waals surface area contributed by atoms with Crippen LogP contribution in [0.1, 0.15) is 27.2 Å². The van der Waals surface area contributed by atoms with Gasteiger partial charge >= 0.3 is 0 Å². The molecule has 0 aliphatic heterocycles. The number of amides is 1. The summed E-state index contributed by atoms with van der Waals surface area (Å²) in [6.07, 6.45) is 5.82. The third-order valence-corrected chi connectivity index (χ3v) is 9.73. The van der Waals surface area contributed by atoms with Crippen LogP contribution in [0, 0.1) is 0 Å². The maximum absolute atomic E-state index is 13.1. The Hall–Kier alpha value is -2.73. The van der Waals surface area contributed by atoms with Crippen LogP contribution in [0.3, 0.4) is 0 Å². The lowest BCUT2D eigenvalue weighted by molar-refractivity contribution is 0.0948. The summed E-state index contributed by atoms with van der Waals surface area (Å²) in [6, 6.07) is 10.3. The van der Waals surface area contributed by atoms with Crippen molar-refractivity contribution in [2.45, 2.75) is 21.9 Å². The van der Waals surface area contributed by atoms with Gasteiger partial charge < -0.3 is 4.90 Å². The highest BCUT2D eigenvalue weighted by molar-refractivity contribution is 7.92. The summed E-state index contributed by atoms with van der Waals surface area (Å²) in [4.78, 5) is 17.2. The number of nitrogens with zero attached hydrogens (tertiary/aromatic N) is 1. The summed E-state index contributed by atoms with van der Waals surface area (Å²) in [5.74, 6) is -0.695. The Morgan fingerprint density at radius 2 is 1.73 bits per heavy atom. The Bertz CT molecular complexity index is 1500. The topological polar surface area (TPSA) is 113 Å². The average molecular weight is 506 g/mol. The van der Waals surface area contributed by atoms with Gasteiger partial charge in [-0.2, -0.15) is 0 Å². The largest absolute Gasteiger partial charge is 0.377 e. The summed E-state index contributed by atoms with van der Waals surface area (Å²) in [5.41, 5.74) is 4.24. The molecule has 0 saturated heterocycles. The number of thiophene rings is 1. The number of hydrogen-bond donors (Lipinski definition) is 2. The zero-order valence-corrected chi connectivity index (χ0v) is 20.7. The van der Waals surface area contributed by atoms with Gasteiger partial charge in [-0.3, -0.25) is 10.2 Å². The average Bonchev–Trinajstić information content (AvgIpc) is 3.17. The van der Waals surface area contributed by atoms with E-state index in [1.165, 1.54) is 6.07 Å². The van der Waals surface area contributed by atoms with Gasteiger partial charge in [0.05, 0.1) is 9.77 Å². The summed E-state index contributed by atoms with van der Waals surface area (Å²) in [7, 11) is -3.90. The van der Waals surface area contributed by atoms with Crippen LogP contribution in [0.25, 0.3) is 16.8 Å². The quantitative estimate of drug-likeness (QED) is 0.498. The third-order valence-electron chi connectivity index (χ3n) is 5.33. The lowest BCUT2D eigenvalue weighted by Crippen LogP contribution is -2.41. The van der Waals surface area contributed by atoms with E-state index in [2.05, 4.69) is 10.3 Å². The molecule has 8 nitrogen and oxygen atoms in total. The minimum Gasteiger partial charge on any atom is -0.377 e. The van der Waals surface area contributed by atoms with Crippen LogP contribution in [0.15, 0.2) is 51.6 Å². The minimum absolute atomic E-state index is 0.0250. The number of hydrazine groups is 1. The molecule has 174 valence electrons. The zero-order valence-electron chi connectivity index (χ0n) is 18.2. The number of rotatable bonds is 6. The number of carbonyl (C=O) groups is 1. The summed E-state index contributed by atoms with van der Waals surface area (Å²) >= 11 is 0.853. The van der Waals surface area contributed by atoms with Crippen molar-refractivity contribution < 1.29 is 21.6 Å². The molecule has 1 aromatic heterocycles. The number of benzene rings is 2. The van der Waals surface area contributed by atoms with Crippen molar-refractivity contribution in [2.75, 3.05) is 25.3 Å². The zero-order chi connectivity index (χ0) is 24.0. The number of carbonyl (C=O) groups excluding carboxylic acids is 1. The molecule has 1 amide bonds. The van der Waals surface area contributed by atoms with Gasteiger partial charge in [-0.25, -0.2) is 16.8 Å². The van der Waals surface area contributed by atoms with Gasteiger partial charge in [0.15, 0.2) is 9.84 Å². The Kier molecular flexibility index (Phi) is 6.08. The lowest BCUT2D eigenvalue weighted by atomic mass is 10.00. The first-order chi connectivity index (χ1) is 15.5. The van der Waals surface area contributed by atoms with Gasteiger partial charge in [0, 0.05) is 42.4 Å². The van der Waals surface area contributed by atoms with Crippen LogP contribution in [0.2, 0.25) is 0 Å². The number of allylic oxidation sites excluding steroid dienone is 1. The van der Waals surface area contributed by atoms with E-state index in [4.69, 9.17) is 0 Å². The fourth-order valence-corrected chi connectivity index (χ4v) is 7.35. The highest BCUT2D eigenvalue weighted by atomic mass is 32.2. The van der Waals surface area contributed by atoms with Gasteiger partial charge in [0.2, 0.25) is 0 Å². The van der Waals surface area contributed by atoms with Gasteiger partial charge in [-0.1, -0.05) is 36.4 Å². The monoisotopic (exact) mass is 505 g/mol. The van der Waals surface area contributed by atoms with E-state index in [9.17, 15) is 21.6 Å². The maximum atomic E-state index is 13.1. The van der Waals surface area contributed by atoms with E-state index >= 15 is 0 Å². The van der Waals surface area contributed by atoms with Gasteiger partial charge in [-0.15, -0.1) is 16.2 Å². The fourth-order valence-electron chi connectivity index (χ4n) is 3.87. The summed E-state index contributed by atoms with van der Waals surface area (Å²) < 4.78 is 50.6. The minimum atomic E-state index is -4.10. The number of hydrogen-bond acceptors (Lipinski definition) is 7. The van der Waals surface area contributed by atoms with Crippen molar-refractivity contribution in [2.24, 2.45) is 0 Å². The molecule has 0 saturated carbocycles. The van der Waals surface area contributed by atoms with Crippen molar-refractivity contribution in [1.29, 1.82) is 0 Å². The van der Waals surface area contributed by atoms with Crippen LogP contribution in [0.5, 0.6) is 0 Å². The van der Waals surface area contributed by atoms with Crippen LogP contribution in [-0.2, 0) is 26.3 Å². The SMILES string of the molecule is CN(C)c1cccc2c(S(=O)(=O)NNC(=O)c3sc(S(C)(=O)=O)c4c3CCC=C4)cccc12. The number of fused-ring (bicyclic) bond motifs is 2. The van der Waals surface area contributed by atoms with Crippen LogP contribution >= 0.6 is 11.3 Å². The van der Waals surface area contributed by atoms with Crippen LogP contribution in [-0.4, -0.2) is 43.1 Å². The van der Waals surface area contributed by atoms with E-state index in [1.54, 1.807) is 24.3 Å². The van der Waals surface area contributed by atoms with Crippen molar-refractivity contribution in [3.8, 4) is 0 Å². The van der Waals surface area contributed by atoms with Crippen molar-refractivity contribution >= 4 is 59.6 Å². The Labute approximate surface area is 196 Å². The number of nitrogens with one attached hydrogen (secondary N) is 2. The lowest BCUT2D eigenvalue weighted by Gasteiger charge is -2.17. The van der Waals surface area contributed by atoms with Crippen molar-refractivity contribution in [3.05, 3.63) is 58.5 Å². The van der Waals surface area contributed by atoms with Gasteiger partial charge in [-0.05, 0) is 30.5 Å². The first-order valence-electron chi connectivity index (χ1n) is 10.0. The normalized spacial score (nSPS) is 13.7. The molecule has 11 heteroatoms. The molecule has 33 heavy (non-hydrogen) atoms. The standard InChI is InChI=1S/C22H23N3O5S3/c1-25(2)18-12-6-11-15-14(18)10-7-13-19(15)33(29,30)24-23-21(26)20-16-8-4-5-9-17(16)22(31-20)32(3,27)28/h5-7,9-13,24H,4,8H2,1-3H3,(H,23,26). The highest BCUT2D eigenvalue weighted by Gasteiger charge is 2.28. The smallest absolute Gasteiger partial charge is 0.276 e. The Balaban J connectivity index is 1.66. The second-order valence-electron chi connectivity index (χ2n) is 7.91. The molecule has 0 fully saturated rings. The number of sulfonamides is 1. The second-order valence-corrected chi connectivity index (χ2v) is 12.8. The molecule has 1 aliphatic carbocycles. The first kappa shape index (κ1) is 23.4. The van der Waals surface area contributed by atoms with E-state index < -0.39 is 25.8 Å². The molecule has 0 atom stereocenters. The molecule has 0 bridgehead atoms. The second kappa shape index (κ2) is 8.56. The molecular weight excluding hydrogens is 482 g/mol. The summed E-state index contributed by atoms with van der Waals surface area (Å²) in [6.45, 7) is 0. The molecule has 2 aromatic carbocycles. The Morgan fingerprint density at radius 3 is 2.42 bits per heavy atom. The van der Waals surface area contributed by atoms with Gasteiger partial charge in [0.1, 0.15) is 4.21 Å². The Morgan fingerprint density at radius 1 is 1.03 bits per heavy atom. The predicted molar refractivity (Wildman–Crippen MR) is 131 cm³/mol. The third kappa shape index (κ3) is 4.41. The molecule has 1 aliphatic rings. The number of sulfone groups is 1. The number of anilines is 1. The van der Waals surface area contributed by atoms with Crippen LogP contribution in [0.4, 0.5) is 5.69 Å².